The predicted octanol–water partition coefficient (Wildman–Crippen LogP) is 3.36. The summed E-state index contributed by atoms with van der Waals surface area (Å²) < 4.78 is 1.82. The molecule has 0 bridgehead atoms. The lowest BCUT2D eigenvalue weighted by molar-refractivity contribution is -0.0151. The van der Waals surface area contributed by atoms with Gasteiger partial charge in [0, 0.05) is 24.0 Å². The number of fused-ring (bicyclic) bond motifs is 3. The lowest BCUT2D eigenvalue weighted by atomic mass is 9.79. The van der Waals surface area contributed by atoms with Gasteiger partial charge in [0.2, 0.25) is 0 Å². The summed E-state index contributed by atoms with van der Waals surface area (Å²) in [4.78, 5) is 10.2. The average molecular weight is 397 g/mol. The lowest BCUT2D eigenvalue weighted by Crippen LogP contribution is -2.43. The third kappa shape index (κ3) is 3.66. The van der Waals surface area contributed by atoms with Gasteiger partial charge >= 0.3 is 0 Å². The zero-order chi connectivity index (χ0) is 20.0. The number of nitrogens with one attached hydrogen (secondary N) is 1. The number of likely N-dealkylation sites (tertiary alicyclic amines) is 1. The highest BCUT2D eigenvalue weighted by atomic mass is 16.3. The summed E-state index contributed by atoms with van der Waals surface area (Å²) in [6, 6.07) is 2.08. The van der Waals surface area contributed by atoms with Crippen LogP contribution in [0.4, 0.5) is 0 Å². The first-order valence-electron chi connectivity index (χ1n) is 11.1. The molecule has 0 atom stereocenters. The van der Waals surface area contributed by atoms with Gasteiger partial charge in [-0.25, -0.2) is 9.50 Å². The summed E-state index contributed by atoms with van der Waals surface area (Å²) in [5, 5.41) is 20.2. The molecule has 2 N–H and O–H groups in total. The van der Waals surface area contributed by atoms with Gasteiger partial charge in [0.15, 0.2) is 0 Å². The maximum absolute atomic E-state index is 10.3. The van der Waals surface area contributed by atoms with E-state index in [1.165, 1.54) is 32.2 Å². The molecule has 0 radical (unpaired) electrons. The first kappa shape index (κ1) is 19.0. The molecule has 156 valence electrons. The zero-order valence-electron chi connectivity index (χ0n) is 17.5. The Balaban J connectivity index is 1.21. The van der Waals surface area contributed by atoms with E-state index in [9.17, 15) is 5.11 Å². The summed E-state index contributed by atoms with van der Waals surface area (Å²) in [6.45, 7) is 7.38. The van der Waals surface area contributed by atoms with Gasteiger partial charge in [-0.3, -0.25) is 0 Å². The molecule has 0 aromatic carbocycles. The molecule has 4 heterocycles. The van der Waals surface area contributed by atoms with Crippen molar-refractivity contribution in [3.8, 4) is 0 Å². The lowest BCUT2D eigenvalue weighted by Gasteiger charge is -2.40. The number of hydrogen-bond acceptors (Lipinski definition) is 5. The average Bonchev–Trinajstić information content (AvgIpc) is 3.34. The number of piperidine rings is 1. The van der Waals surface area contributed by atoms with Crippen molar-refractivity contribution in [2.45, 2.75) is 63.9 Å². The van der Waals surface area contributed by atoms with Crippen molar-refractivity contribution in [3.05, 3.63) is 24.3 Å². The van der Waals surface area contributed by atoms with Gasteiger partial charge in [0.1, 0.15) is 17.5 Å². The van der Waals surface area contributed by atoms with Crippen molar-refractivity contribution in [3.63, 3.8) is 0 Å². The van der Waals surface area contributed by atoms with Crippen LogP contribution < -0.4 is 0 Å². The monoisotopic (exact) mass is 396 g/mol. The van der Waals surface area contributed by atoms with E-state index in [-0.39, 0.29) is 0 Å². The number of H-pyrrole nitrogens is 1. The number of rotatable bonds is 4. The fourth-order valence-electron chi connectivity index (χ4n) is 5.50. The first-order valence-corrected chi connectivity index (χ1v) is 11.1. The van der Waals surface area contributed by atoms with Crippen LogP contribution >= 0.6 is 0 Å². The number of hydrogen-bond donors (Lipinski definition) is 2. The van der Waals surface area contributed by atoms with E-state index < -0.39 is 5.60 Å². The minimum atomic E-state index is -0.536. The molecule has 2 aliphatic rings. The quantitative estimate of drug-likeness (QED) is 0.707. The van der Waals surface area contributed by atoms with Crippen LogP contribution in [0.1, 0.15) is 64.0 Å². The third-order valence-corrected chi connectivity index (χ3v) is 7.33. The molecule has 0 amide bonds. The predicted molar refractivity (Wildman–Crippen MR) is 113 cm³/mol. The molecule has 0 unspecified atom stereocenters. The summed E-state index contributed by atoms with van der Waals surface area (Å²) >= 11 is 0. The third-order valence-electron chi connectivity index (χ3n) is 7.33. The Morgan fingerprint density at radius 2 is 1.90 bits per heavy atom. The van der Waals surface area contributed by atoms with Crippen molar-refractivity contribution in [2.75, 3.05) is 19.6 Å². The Labute approximate surface area is 171 Å². The van der Waals surface area contributed by atoms with Gasteiger partial charge in [0.05, 0.1) is 11.3 Å². The Bertz CT molecular complexity index is 970. The fraction of sp³-hybridized carbons (Fsp3) is 0.682. The fourth-order valence-corrected chi connectivity index (χ4v) is 5.50. The maximum Gasteiger partial charge on any atom is 0.141 e. The summed E-state index contributed by atoms with van der Waals surface area (Å²) in [7, 11) is 0. The second-order valence-electron chi connectivity index (χ2n) is 9.70. The van der Waals surface area contributed by atoms with Crippen molar-refractivity contribution >= 4 is 16.6 Å². The van der Waals surface area contributed by atoms with E-state index in [4.69, 9.17) is 0 Å². The molecule has 29 heavy (non-hydrogen) atoms. The van der Waals surface area contributed by atoms with Crippen molar-refractivity contribution in [1.82, 2.24) is 29.7 Å². The van der Waals surface area contributed by atoms with E-state index in [0.717, 1.165) is 54.1 Å². The van der Waals surface area contributed by atoms with Gasteiger partial charge < -0.3 is 15.0 Å². The van der Waals surface area contributed by atoms with Crippen LogP contribution in [0.5, 0.6) is 0 Å². The molecule has 1 aliphatic heterocycles. The highest BCUT2D eigenvalue weighted by Gasteiger charge is 2.32. The second-order valence-corrected chi connectivity index (χ2v) is 9.70. The van der Waals surface area contributed by atoms with E-state index in [2.05, 4.69) is 31.2 Å². The second kappa shape index (κ2) is 7.36. The van der Waals surface area contributed by atoms with Gasteiger partial charge in [-0.15, -0.1) is 5.10 Å². The van der Waals surface area contributed by atoms with Crippen LogP contribution in [0.2, 0.25) is 0 Å². The smallest absolute Gasteiger partial charge is 0.141 e. The summed E-state index contributed by atoms with van der Waals surface area (Å²) in [5.74, 6) is 1.71. The number of aliphatic hydroxyl groups is 1. The topological polar surface area (TPSA) is 82.3 Å². The molecular formula is C22H32N6O. The molecule has 1 saturated heterocycles. The normalized spacial score (nSPS) is 25.2. The Morgan fingerprint density at radius 1 is 1.14 bits per heavy atom. The van der Waals surface area contributed by atoms with Crippen LogP contribution in [0.15, 0.2) is 18.6 Å². The van der Waals surface area contributed by atoms with Crippen LogP contribution in [-0.4, -0.2) is 60.0 Å². The van der Waals surface area contributed by atoms with E-state index in [0.29, 0.717) is 11.8 Å². The SMILES string of the molecule is CC(C)(O)C1CCN(CC2CCC(c3nnn4cnc5[nH]ccc5c34)CC2)CC1. The van der Waals surface area contributed by atoms with Crippen molar-refractivity contribution < 1.29 is 5.11 Å². The Hall–Kier alpha value is -1.99. The molecule has 2 fully saturated rings. The van der Waals surface area contributed by atoms with Crippen LogP contribution in [0.25, 0.3) is 16.6 Å². The molecule has 0 spiro atoms. The first-order chi connectivity index (χ1) is 14.0. The van der Waals surface area contributed by atoms with Crippen LogP contribution in [0.3, 0.4) is 0 Å². The molecule has 5 rings (SSSR count). The molecule has 1 aliphatic carbocycles. The Kier molecular flexibility index (Phi) is 4.82. The number of aromatic amines is 1. The summed E-state index contributed by atoms with van der Waals surface area (Å²) in [5.41, 5.74) is 2.63. The van der Waals surface area contributed by atoms with Gasteiger partial charge in [-0.2, -0.15) is 0 Å². The van der Waals surface area contributed by atoms with Gasteiger partial charge in [0.25, 0.3) is 0 Å². The van der Waals surface area contributed by atoms with Gasteiger partial charge in [-0.1, -0.05) is 5.21 Å². The standard InChI is InChI=1S/C22H32N6O/c1-22(2,29)17-8-11-27(12-9-17)13-15-3-5-16(6-4-15)19-20-18-7-10-23-21(18)24-14-28(20)26-25-19/h7,10,14-17,23,29H,3-6,8-9,11-13H2,1-2H3. The molecule has 7 nitrogen and oxygen atoms in total. The molecule has 7 heteroatoms. The van der Waals surface area contributed by atoms with Crippen molar-refractivity contribution in [1.29, 1.82) is 0 Å². The van der Waals surface area contributed by atoms with E-state index >= 15 is 0 Å². The Morgan fingerprint density at radius 3 is 2.62 bits per heavy atom. The zero-order valence-corrected chi connectivity index (χ0v) is 17.5. The summed E-state index contributed by atoms with van der Waals surface area (Å²) in [6.07, 6.45) is 10.8. The largest absolute Gasteiger partial charge is 0.390 e. The van der Waals surface area contributed by atoms with Crippen LogP contribution in [-0.2, 0) is 0 Å². The molecule has 3 aromatic rings. The minimum Gasteiger partial charge on any atom is -0.390 e. The highest BCUT2D eigenvalue weighted by Crippen LogP contribution is 2.38. The van der Waals surface area contributed by atoms with E-state index in [1.807, 2.05) is 24.6 Å². The highest BCUT2D eigenvalue weighted by molar-refractivity contribution is 5.92. The maximum atomic E-state index is 10.3. The molecular weight excluding hydrogens is 364 g/mol. The van der Waals surface area contributed by atoms with Gasteiger partial charge in [-0.05, 0) is 83.4 Å². The van der Waals surface area contributed by atoms with Crippen LogP contribution in [0, 0.1) is 11.8 Å². The molecule has 1 saturated carbocycles. The number of nitrogens with zero attached hydrogens (tertiary/aromatic N) is 5. The molecule has 3 aromatic heterocycles. The number of aromatic nitrogens is 5. The minimum absolute atomic E-state index is 0.441. The van der Waals surface area contributed by atoms with Crippen molar-refractivity contribution in [2.24, 2.45) is 11.8 Å². The van der Waals surface area contributed by atoms with E-state index in [1.54, 1.807) is 6.33 Å².